The van der Waals surface area contributed by atoms with Crippen LogP contribution in [0.3, 0.4) is 0 Å². The van der Waals surface area contributed by atoms with Crippen molar-refractivity contribution in [3.8, 4) is 0 Å². The summed E-state index contributed by atoms with van der Waals surface area (Å²) in [6, 6.07) is 8.68. The largest absolute Gasteiger partial charge is 0.480 e. The molecule has 1 unspecified atom stereocenters. The van der Waals surface area contributed by atoms with E-state index in [1.54, 1.807) is 24.3 Å². The summed E-state index contributed by atoms with van der Waals surface area (Å²) in [5, 5.41) is 22.8. The van der Waals surface area contributed by atoms with Crippen LogP contribution in [-0.2, 0) is 9.59 Å². The van der Waals surface area contributed by atoms with Crippen molar-refractivity contribution in [3.05, 3.63) is 35.9 Å². The molecule has 0 bridgehead atoms. The molecule has 0 amide bonds. The summed E-state index contributed by atoms with van der Waals surface area (Å²) in [6.45, 7) is -0.0856. The zero-order valence-electron chi connectivity index (χ0n) is 12.5. The SMILES string of the molecule is O=C(O)CNCC(CCSC(=O)c1ccccc1)NCC(=O)O. The Morgan fingerprint density at radius 1 is 1.04 bits per heavy atom. The molecule has 0 fully saturated rings. The number of carbonyl (C=O) groups is 3. The van der Waals surface area contributed by atoms with Crippen LogP contribution < -0.4 is 10.6 Å². The molecule has 1 atom stereocenters. The van der Waals surface area contributed by atoms with E-state index in [9.17, 15) is 14.4 Å². The van der Waals surface area contributed by atoms with Gasteiger partial charge in [0, 0.05) is 23.9 Å². The summed E-state index contributed by atoms with van der Waals surface area (Å²) in [4.78, 5) is 33.0. The zero-order chi connectivity index (χ0) is 17.1. The molecule has 0 aromatic heterocycles. The second-order valence-electron chi connectivity index (χ2n) is 4.79. The van der Waals surface area contributed by atoms with Crippen molar-refractivity contribution < 1.29 is 24.6 Å². The fraction of sp³-hybridized carbons (Fsp3) is 0.400. The van der Waals surface area contributed by atoms with Gasteiger partial charge in [-0.05, 0) is 6.42 Å². The van der Waals surface area contributed by atoms with Crippen LogP contribution in [0.1, 0.15) is 16.8 Å². The van der Waals surface area contributed by atoms with Gasteiger partial charge in [0.15, 0.2) is 0 Å². The quantitative estimate of drug-likeness (QED) is 0.464. The summed E-state index contributed by atoms with van der Waals surface area (Å²) in [5.74, 6) is -1.45. The van der Waals surface area contributed by atoms with Gasteiger partial charge in [-0.2, -0.15) is 0 Å². The first kappa shape index (κ1) is 19.1. The highest BCUT2D eigenvalue weighted by molar-refractivity contribution is 8.14. The van der Waals surface area contributed by atoms with Crippen molar-refractivity contribution in [1.29, 1.82) is 0 Å². The van der Waals surface area contributed by atoms with E-state index in [0.717, 1.165) is 11.8 Å². The van der Waals surface area contributed by atoms with Crippen LogP contribution in [0.4, 0.5) is 0 Å². The van der Waals surface area contributed by atoms with E-state index >= 15 is 0 Å². The molecule has 0 aliphatic carbocycles. The minimum absolute atomic E-state index is 0.0407. The van der Waals surface area contributed by atoms with Crippen molar-refractivity contribution in [2.24, 2.45) is 0 Å². The summed E-state index contributed by atoms with van der Waals surface area (Å²) in [7, 11) is 0. The predicted molar refractivity (Wildman–Crippen MR) is 87.8 cm³/mol. The highest BCUT2D eigenvalue weighted by atomic mass is 32.2. The lowest BCUT2D eigenvalue weighted by molar-refractivity contribution is -0.137. The van der Waals surface area contributed by atoms with E-state index in [2.05, 4.69) is 10.6 Å². The highest BCUT2D eigenvalue weighted by Crippen LogP contribution is 2.13. The van der Waals surface area contributed by atoms with E-state index < -0.39 is 11.9 Å². The van der Waals surface area contributed by atoms with Gasteiger partial charge in [-0.3, -0.25) is 14.4 Å². The third-order valence-corrected chi connectivity index (χ3v) is 3.86. The Morgan fingerprint density at radius 2 is 1.70 bits per heavy atom. The number of hydrogen-bond donors (Lipinski definition) is 4. The molecule has 7 nitrogen and oxygen atoms in total. The molecule has 0 heterocycles. The molecule has 0 aliphatic heterocycles. The number of nitrogens with one attached hydrogen (secondary N) is 2. The van der Waals surface area contributed by atoms with E-state index in [1.165, 1.54) is 0 Å². The van der Waals surface area contributed by atoms with Crippen LogP contribution in [0.2, 0.25) is 0 Å². The van der Waals surface area contributed by atoms with Crippen LogP contribution >= 0.6 is 11.8 Å². The Hall–Kier alpha value is -1.90. The molecule has 0 aliphatic rings. The van der Waals surface area contributed by atoms with Gasteiger partial charge in [-0.25, -0.2) is 0 Å². The minimum atomic E-state index is -0.985. The molecule has 0 spiro atoms. The van der Waals surface area contributed by atoms with Gasteiger partial charge in [-0.15, -0.1) is 0 Å². The normalized spacial score (nSPS) is 11.8. The van der Waals surface area contributed by atoms with Crippen LogP contribution in [0.15, 0.2) is 30.3 Å². The van der Waals surface area contributed by atoms with Crippen molar-refractivity contribution in [2.45, 2.75) is 12.5 Å². The van der Waals surface area contributed by atoms with Gasteiger partial charge in [0.25, 0.3) is 0 Å². The Kier molecular flexibility index (Phi) is 8.96. The van der Waals surface area contributed by atoms with Crippen LogP contribution in [-0.4, -0.2) is 58.7 Å². The molecule has 8 heteroatoms. The number of carboxylic acids is 2. The van der Waals surface area contributed by atoms with Gasteiger partial charge < -0.3 is 20.8 Å². The summed E-state index contributed by atoms with van der Waals surface area (Å²) in [6.07, 6.45) is 0.545. The molecule has 23 heavy (non-hydrogen) atoms. The first-order valence-corrected chi connectivity index (χ1v) is 8.07. The molecule has 0 saturated heterocycles. The molecule has 4 N–H and O–H groups in total. The fourth-order valence-corrected chi connectivity index (χ4v) is 2.70. The van der Waals surface area contributed by atoms with Gasteiger partial charge in [0.2, 0.25) is 5.12 Å². The van der Waals surface area contributed by atoms with E-state index in [-0.39, 0.29) is 24.2 Å². The third-order valence-electron chi connectivity index (χ3n) is 2.92. The first-order chi connectivity index (χ1) is 11.0. The summed E-state index contributed by atoms with van der Waals surface area (Å²) < 4.78 is 0. The standard InChI is InChI=1S/C15H20N2O5S/c18-13(19)9-16-8-12(17-10-14(20)21)6-7-23-15(22)11-4-2-1-3-5-11/h1-5,12,16-17H,6-10H2,(H,18,19)(H,20,21). The highest BCUT2D eigenvalue weighted by Gasteiger charge is 2.12. The van der Waals surface area contributed by atoms with Crippen molar-refractivity contribution in [3.63, 3.8) is 0 Å². The maximum absolute atomic E-state index is 12.0. The van der Waals surface area contributed by atoms with Crippen molar-refractivity contribution >= 4 is 28.8 Å². The van der Waals surface area contributed by atoms with Crippen LogP contribution in [0.5, 0.6) is 0 Å². The number of thioether (sulfide) groups is 1. The maximum atomic E-state index is 12.0. The monoisotopic (exact) mass is 340 g/mol. The van der Waals surface area contributed by atoms with E-state index in [4.69, 9.17) is 10.2 Å². The Morgan fingerprint density at radius 3 is 2.30 bits per heavy atom. The Balaban J connectivity index is 2.37. The predicted octanol–water partition coefficient (Wildman–Crippen LogP) is 0.667. The number of aliphatic carboxylic acids is 2. The third kappa shape index (κ3) is 8.97. The minimum Gasteiger partial charge on any atom is -0.480 e. The smallest absolute Gasteiger partial charge is 0.317 e. The Labute approximate surface area is 138 Å². The second kappa shape index (κ2) is 10.8. The van der Waals surface area contributed by atoms with Crippen LogP contribution in [0, 0.1) is 0 Å². The molecule has 0 radical (unpaired) electrons. The molecule has 1 aromatic carbocycles. The molecular formula is C15H20N2O5S. The molecule has 1 rings (SSSR count). The summed E-state index contributed by atoms with van der Waals surface area (Å²) in [5.41, 5.74) is 0.622. The molecule has 126 valence electrons. The van der Waals surface area contributed by atoms with Gasteiger partial charge in [0.05, 0.1) is 13.1 Å². The maximum Gasteiger partial charge on any atom is 0.317 e. The van der Waals surface area contributed by atoms with Crippen LogP contribution in [0.25, 0.3) is 0 Å². The van der Waals surface area contributed by atoms with E-state index in [1.807, 2.05) is 6.07 Å². The second-order valence-corrected chi connectivity index (χ2v) is 5.85. The molecular weight excluding hydrogens is 320 g/mol. The fourth-order valence-electron chi connectivity index (χ4n) is 1.81. The topological polar surface area (TPSA) is 116 Å². The molecule has 0 saturated carbocycles. The number of hydrogen-bond acceptors (Lipinski definition) is 6. The summed E-state index contributed by atoms with van der Waals surface area (Å²) >= 11 is 1.16. The number of carboxylic acid groups (broad SMARTS) is 2. The lowest BCUT2D eigenvalue weighted by Crippen LogP contribution is -2.42. The average Bonchev–Trinajstić information content (AvgIpc) is 2.52. The average molecular weight is 340 g/mol. The van der Waals surface area contributed by atoms with Gasteiger partial charge in [-0.1, -0.05) is 42.1 Å². The lowest BCUT2D eigenvalue weighted by Gasteiger charge is -2.17. The molecule has 1 aromatic rings. The van der Waals surface area contributed by atoms with Crippen molar-refractivity contribution in [2.75, 3.05) is 25.4 Å². The Bertz CT molecular complexity index is 524. The number of rotatable bonds is 11. The zero-order valence-corrected chi connectivity index (χ0v) is 13.3. The first-order valence-electron chi connectivity index (χ1n) is 7.09. The van der Waals surface area contributed by atoms with Crippen molar-refractivity contribution in [1.82, 2.24) is 10.6 Å². The van der Waals surface area contributed by atoms with E-state index in [0.29, 0.717) is 24.3 Å². The number of carbonyl (C=O) groups excluding carboxylic acids is 1. The van der Waals surface area contributed by atoms with Gasteiger partial charge >= 0.3 is 11.9 Å². The van der Waals surface area contributed by atoms with Gasteiger partial charge in [0.1, 0.15) is 0 Å². The lowest BCUT2D eigenvalue weighted by atomic mass is 10.2. The number of benzene rings is 1.